The maximum atomic E-state index is 11.6. The number of carbonyl (C=O) groups is 2. The molecule has 1 saturated carbocycles. The first kappa shape index (κ1) is 17.5. The van der Waals surface area contributed by atoms with Gasteiger partial charge < -0.3 is 14.6 Å². The SMILES string of the molecule is COC(=O)C(=O)N[C@H]1C[C@@H](Cc2cc(CC(C)C)on2)C1(C)C. The summed E-state index contributed by atoms with van der Waals surface area (Å²) in [5.41, 5.74) is 0.859. The second-order valence-electron chi connectivity index (χ2n) is 7.36. The van der Waals surface area contributed by atoms with E-state index >= 15 is 0 Å². The van der Waals surface area contributed by atoms with Crippen molar-refractivity contribution in [2.75, 3.05) is 7.11 Å². The summed E-state index contributed by atoms with van der Waals surface area (Å²) in [5, 5.41) is 6.89. The summed E-state index contributed by atoms with van der Waals surface area (Å²) in [4.78, 5) is 22.8. The molecule has 0 aromatic carbocycles. The van der Waals surface area contributed by atoms with Gasteiger partial charge in [-0.3, -0.25) is 4.79 Å². The predicted octanol–water partition coefficient (Wildman–Crippen LogP) is 2.12. The van der Waals surface area contributed by atoms with Crippen LogP contribution >= 0.6 is 0 Å². The number of nitrogens with one attached hydrogen (secondary N) is 1. The second-order valence-corrected chi connectivity index (χ2v) is 7.36. The Morgan fingerprint density at radius 1 is 1.48 bits per heavy atom. The number of rotatable bonds is 5. The van der Waals surface area contributed by atoms with E-state index in [4.69, 9.17) is 4.52 Å². The molecule has 0 bridgehead atoms. The van der Waals surface area contributed by atoms with Gasteiger partial charge in [-0.05, 0) is 30.1 Å². The van der Waals surface area contributed by atoms with Crippen LogP contribution in [-0.2, 0) is 27.2 Å². The lowest BCUT2D eigenvalue weighted by molar-refractivity contribution is -0.154. The maximum Gasteiger partial charge on any atom is 0.396 e. The van der Waals surface area contributed by atoms with E-state index in [1.807, 2.05) is 6.07 Å². The molecular weight excluding hydrogens is 296 g/mol. The molecule has 0 saturated heterocycles. The molecule has 1 aromatic rings. The lowest BCUT2D eigenvalue weighted by atomic mass is 9.57. The van der Waals surface area contributed by atoms with E-state index in [-0.39, 0.29) is 11.5 Å². The van der Waals surface area contributed by atoms with Crippen LogP contribution in [0.3, 0.4) is 0 Å². The summed E-state index contributed by atoms with van der Waals surface area (Å²) >= 11 is 0. The molecule has 128 valence electrons. The number of nitrogens with zero attached hydrogens (tertiary/aromatic N) is 1. The van der Waals surface area contributed by atoms with Gasteiger partial charge in [0.15, 0.2) is 0 Å². The van der Waals surface area contributed by atoms with Gasteiger partial charge in [0.1, 0.15) is 5.76 Å². The highest BCUT2D eigenvalue weighted by Crippen LogP contribution is 2.47. The van der Waals surface area contributed by atoms with Crippen molar-refractivity contribution < 1.29 is 18.8 Å². The number of hydrogen-bond acceptors (Lipinski definition) is 5. The molecule has 1 N–H and O–H groups in total. The van der Waals surface area contributed by atoms with Crippen molar-refractivity contribution in [3.05, 3.63) is 17.5 Å². The van der Waals surface area contributed by atoms with Gasteiger partial charge in [-0.1, -0.05) is 32.9 Å². The highest BCUT2D eigenvalue weighted by Gasteiger charge is 2.49. The molecule has 1 aromatic heterocycles. The second kappa shape index (κ2) is 6.72. The van der Waals surface area contributed by atoms with Crippen LogP contribution in [0.4, 0.5) is 0 Å². The Bertz CT molecular complexity index is 577. The number of carbonyl (C=O) groups excluding carboxylic acids is 2. The van der Waals surface area contributed by atoms with E-state index in [9.17, 15) is 9.59 Å². The molecule has 1 heterocycles. The zero-order valence-corrected chi connectivity index (χ0v) is 14.5. The lowest BCUT2D eigenvalue weighted by Gasteiger charge is -2.52. The van der Waals surface area contributed by atoms with Crippen LogP contribution in [0.2, 0.25) is 0 Å². The number of esters is 1. The zero-order valence-electron chi connectivity index (χ0n) is 14.5. The highest BCUT2D eigenvalue weighted by molar-refractivity contribution is 6.32. The molecule has 0 unspecified atom stereocenters. The molecule has 2 rings (SSSR count). The summed E-state index contributed by atoms with van der Waals surface area (Å²) in [6.07, 6.45) is 2.53. The fourth-order valence-electron chi connectivity index (χ4n) is 3.12. The molecule has 1 aliphatic carbocycles. The standard InChI is InChI=1S/C17H26N2O4/c1-10(2)6-13-9-12(19-23-13)7-11-8-14(17(11,3)4)18-15(20)16(21)22-5/h9-11,14H,6-8H2,1-5H3,(H,18,20)/t11-,14+/m1/s1. The van der Waals surface area contributed by atoms with Crippen molar-refractivity contribution in [3.8, 4) is 0 Å². The molecule has 1 aliphatic rings. The fourth-order valence-corrected chi connectivity index (χ4v) is 3.12. The highest BCUT2D eigenvalue weighted by atomic mass is 16.5. The van der Waals surface area contributed by atoms with E-state index in [2.05, 4.69) is 42.9 Å². The summed E-state index contributed by atoms with van der Waals surface area (Å²) in [6.45, 7) is 8.48. The van der Waals surface area contributed by atoms with Gasteiger partial charge in [0.25, 0.3) is 0 Å². The van der Waals surface area contributed by atoms with E-state index < -0.39 is 11.9 Å². The largest absolute Gasteiger partial charge is 0.462 e. The number of hydrogen-bond donors (Lipinski definition) is 1. The third-order valence-electron chi connectivity index (χ3n) is 4.82. The minimum atomic E-state index is -0.848. The smallest absolute Gasteiger partial charge is 0.396 e. The van der Waals surface area contributed by atoms with Gasteiger partial charge in [-0.25, -0.2) is 4.79 Å². The quantitative estimate of drug-likeness (QED) is 0.663. The minimum Gasteiger partial charge on any atom is -0.462 e. The lowest BCUT2D eigenvalue weighted by Crippen LogP contribution is -2.59. The van der Waals surface area contributed by atoms with Crippen molar-refractivity contribution in [2.45, 2.75) is 53.0 Å². The predicted molar refractivity (Wildman–Crippen MR) is 84.6 cm³/mol. The number of methoxy groups -OCH3 is 1. The molecule has 0 radical (unpaired) electrons. The first-order valence-electron chi connectivity index (χ1n) is 8.07. The minimum absolute atomic E-state index is 0.0267. The maximum absolute atomic E-state index is 11.6. The Labute approximate surface area is 136 Å². The normalized spacial score (nSPS) is 22.5. The van der Waals surface area contributed by atoms with Crippen LogP contribution in [-0.4, -0.2) is 30.2 Å². The summed E-state index contributed by atoms with van der Waals surface area (Å²) in [5.74, 6) is 0.322. The first-order valence-corrected chi connectivity index (χ1v) is 8.07. The molecule has 1 amide bonds. The summed E-state index contributed by atoms with van der Waals surface area (Å²) in [7, 11) is 1.20. The monoisotopic (exact) mass is 322 g/mol. The Hall–Kier alpha value is -1.85. The van der Waals surface area contributed by atoms with Gasteiger partial charge >= 0.3 is 11.9 Å². The van der Waals surface area contributed by atoms with Crippen LogP contribution in [0.25, 0.3) is 0 Å². The van der Waals surface area contributed by atoms with Gasteiger partial charge in [0.05, 0.1) is 12.8 Å². The van der Waals surface area contributed by atoms with E-state index in [0.29, 0.717) is 11.8 Å². The van der Waals surface area contributed by atoms with E-state index in [1.165, 1.54) is 7.11 Å². The summed E-state index contributed by atoms with van der Waals surface area (Å²) < 4.78 is 9.80. The van der Waals surface area contributed by atoms with Crippen LogP contribution < -0.4 is 5.32 Å². The molecule has 1 fully saturated rings. The molecule has 2 atom stereocenters. The molecule has 0 spiro atoms. The van der Waals surface area contributed by atoms with Crippen LogP contribution in [0, 0.1) is 17.3 Å². The van der Waals surface area contributed by atoms with Gasteiger partial charge in [0, 0.05) is 18.5 Å². The zero-order chi connectivity index (χ0) is 17.2. The van der Waals surface area contributed by atoms with Crippen LogP contribution in [0.15, 0.2) is 10.6 Å². The van der Waals surface area contributed by atoms with Crippen LogP contribution in [0.5, 0.6) is 0 Å². The van der Waals surface area contributed by atoms with Crippen molar-refractivity contribution >= 4 is 11.9 Å². The number of ether oxygens (including phenoxy) is 1. The number of aromatic nitrogens is 1. The Kier molecular flexibility index (Phi) is 5.12. The third kappa shape index (κ3) is 3.92. The number of amides is 1. The first-order chi connectivity index (χ1) is 10.7. The van der Waals surface area contributed by atoms with Crippen molar-refractivity contribution in [1.82, 2.24) is 10.5 Å². The van der Waals surface area contributed by atoms with Gasteiger partial charge in [-0.15, -0.1) is 0 Å². The van der Waals surface area contributed by atoms with Gasteiger partial charge in [-0.2, -0.15) is 0 Å². The Morgan fingerprint density at radius 2 is 2.17 bits per heavy atom. The van der Waals surface area contributed by atoms with E-state index in [0.717, 1.165) is 30.7 Å². The molecule has 0 aliphatic heterocycles. The topological polar surface area (TPSA) is 81.4 Å². The van der Waals surface area contributed by atoms with Crippen LogP contribution in [0.1, 0.15) is 45.6 Å². The molecule has 6 heteroatoms. The Balaban J connectivity index is 1.90. The average molecular weight is 322 g/mol. The molecular formula is C17H26N2O4. The molecule has 6 nitrogen and oxygen atoms in total. The van der Waals surface area contributed by atoms with E-state index in [1.54, 1.807) is 0 Å². The average Bonchev–Trinajstić information content (AvgIpc) is 2.91. The van der Waals surface area contributed by atoms with Crippen molar-refractivity contribution in [2.24, 2.45) is 17.3 Å². The van der Waals surface area contributed by atoms with Gasteiger partial charge in [0.2, 0.25) is 0 Å². The van der Waals surface area contributed by atoms with Crippen molar-refractivity contribution in [3.63, 3.8) is 0 Å². The Morgan fingerprint density at radius 3 is 2.74 bits per heavy atom. The fraction of sp³-hybridized carbons (Fsp3) is 0.706. The van der Waals surface area contributed by atoms with Crippen molar-refractivity contribution in [1.29, 1.82) is 0 Å². The third-order valence-corrected chi connectivity index (χ3v) is 4.82. The summed E-state index contributed by atoms with van der Waals surface area (Å²) in [6, 6.07) is 2.00. The molecule has 23 heavy (non-hydrogen) atoms.